The molecule has 1 fully saturated rings. The summed E-state index contributed by atoms with van der Waals surface area (Å²) in [6.45, 7) is 2.15. The van der Waals surface area contributed by atoms with Gasteiger partial charge >= 0.3 is 11.9 Å². The van der Waals surface area contributed by atoms with Crippen molar-refractivity contribution < 1.29 is 23.9 Å². The minimum absolute atomic E-state index is 0.0652. The highest BCUT2D eigenvalue weighted by Crippen LogP contribution is 2.31. The first-order chi connectivity index (χ1) is 10.5. The first-order valence-electron chi connectivity index (χ1n) is 6.92. The molecule has 1 aliphatic rings. The number of benzene rings is 1. The Bertz CT molecular complexity index is 614. The molecular weight excluding hydrogens is 288 g/mol. The number of nitrogens with two attached hydrogens (primary N) is 1. The average Bonchev–Trinajstić information content (AvgIpc) is 2.89. The van der Waals surface area contributed by atoms with Crippen LogP contribution >= 0.6 is 0 Å². The summed E-state index contributed by atoms with van der Waals surface area (Å²) in [6.07, 6.45) is 0.0652. The van der Waals surface area contributed by atoms with Gasteiger partial charge in [-0.1, -0.05) is 0 Å². The van der Waals surface area contributed by atoms with Crippen molar-refractivity contribution >= 4 is 29.2 Å². The van der Waals surface area contributed by atoms with E-state index in [9.17, 15) is 14.4 Å². The van der Waals surface area contributed by atoms with E-state index < -0.39 is 17.9 Å². The summed E-state index contributed by atoms with van der Waals surface area (Å²) in [7, 11) is 1.28. The number of rotatable bonds is 4. The topological polar surface area (TPSA) is 98.9 Å². The molecule has 0 bridgehead atoms. The predicted molar refractivity (Wildman–Crippen MR) is 79.3 cm³/mol. The summed E-state index contributed by atoms with van der Waals surface area (Å²) >= 11 is 0. The van der Waals surface area contributed by atoms with E-state index in [-0.39, 0.29) is 25.5 Å². The molecule has 1 aromatic rings. The Balaban J connectivity index is 2.28. The Morgan fingerprint density at radius 2 is 2.14 bits per heavy atom. The molecule has 1 saturated heterocycles. The van der Waals surface area contributed by atoms with Gasteiger partial charge in [0.1, 0.15) is 0 Å². The highest BCUT2D eigenvalue weighted by molar-refractivity contribution is 6.03. The van der Waals surface area contributed by atoms with Gasteiger partial charge in [0.2, 0.25) is 5.91 Å². The van der Waals surface area contributed by atoms with Crippen molar-refractivity contribution in [2.24, 2.45) is 5.92 Å². The second kappa shape index (κ2) is 6.46. The molecule has 1 amide bonds. The van der Waals surface area contributed by atoms with E-state index in [0.717, 1.165) is 0 Å². The molecule has 0 saturated carbocycles. The van der Waals surface area contributed by atoms with E-state index in [2.05, 4.69) is 4.74 Å². The van der Waals surface area contributed by atoms with Gasteiger partial charge in [0, 0.05) is 13.0 Å². The van der Waals surface area contributed by atoms with Gasteiger partial charge in [-0.3, -0.25) is 9.59 Å². The van der Waals surface area contributed by atoms with Crippen LogP contribution in [0.2, 0.25) is 0 Å². The molecule has 1 aliphatic heterocycles. The third-order valence-electron chi connectivity index (χ3n) is 3.49. The zero-order chi connectivity index (χ0) is 16.3. The van der Waals surface area contributed by atoms with Crippen LogP contribution in [0.1, 0.15) is 23.7 Å². The lowest BCUT2D eigenvalue weighted by molar-refractivity contribution is -0.145. The monoisotopic (exact) mass is 306 g/mol. The lowest BCUT2D eigenvalue weighted by Gasteiger charge is -2.19. The molecule has 22 heavy (non-hydrogen) atoms. The molecule has 0 spiro atoms. The lowest BCUT2D eigenvalue weighted by atomic mass is 10.1. The average molecular weight is 306 g/mol. The van der Waals surface area contributed by atoms with E-state index in [4.69, 9.17) is 10.5 Å². The van der Waals surface area contributed by atoms with Crippen molar-refractivity contribution in [3.05, 3.63) is 23.8 Å². The third-order valence-corrected chi connectivity index (χ3v) is 3.49. The molecule has 7 heteroatoms. The number of nitrogens with zero attached hydrogens (tertiary/aromatic N) is 1. The summed E-state index contributed by atoms with van der Waals surface area (Å²) in [5.74, 6) is -1.68. The van der Waals surface area contributed by atoms with Crippen LogP contribution < -0.4 is 10.6 Å². The minimum atomic E-state index is -0.525. The van der Waals surface area contributed by atoms with E-state index >= 15 is 0 Å². The Kier molecular flexibility index (Phi) is 4.65. The standard InChI is InChI=1S/C15H18N2O5/c1-3-22-15(20)9-4-5-11(16)12(6-9)17-8-10(7-13(17)18)14(19)21-2/h4-6,10H,3,7-8,16H2,1-2H3. The Morgan fingerprint density at radius 3 is 2.77 bits per heavy atom. The maximum absolute atomic E-state index is 12.1. The molecule has 1 heterocycles. The predicted octanol–water partition coefficient (Wildman–Crippen LogP) is 0.971. The Morgan fingerprint density at radius 1 is 1.41 bits per heavy atom. The van der Waals surface area contributed by atoms with Crippen LogP contribution in [0.5, 0.6) is 0 Å². The molecule has 2 rings (SSSR count). The number of anilines is 2. The highest BCUT2D eigenvalue weighted by Gasteiger charge is 2.36. The van der Waals surface area contributed by atoms with Crippen molar-refractivity contribution in [2.45, 2.75) is 13.3 Å². The molecule has 0 aromatic heterocycles. The molecular formula is C15H18N2O5. The molecule has 1 atom stereocenters. The smallest absolute Gasteiger partial charge is 0.338 e. The van der Waals surface area contributed by atoms with Crippen molar-refractivity contribution in [3.63, 3.8) is 0 Å². The van der Waals surface area contributed by atoms with E-state index in [0.29, 0.717) is 16.9 Å². The fourth-order valence-corrected chi connectivity index (χ4v) is 2.38. The summed E-state index contributed by atoms with van der Waals surface area (Å²) in [4.78, 5) is 36.9. The maximum Gasteiger partial charge on any atom is 0.338 e. The van der Waals surface area contributed by atoms with Crippen molar-refractivity contribution in [3.8, 4) is 0 Å². The maximum atomic E-state index is 12.1. The van der Waals surface area contributed by atoms with Crippen LogP contribution in [0.3, 0.4) is 0 Å². The van der Waals surface area contributed by atoms with Gasteiger partial charge < -0.3 is 20.1 Å². The molecule has 7 nitrogen and oxygen atoms in total. The van der Waals surface area contributed by atoms with Gasteiger partial charge in [-0.05, 0) is 25.1 Å². The van der Waals surface area contributed by atoms with Gasteiger partial charge in [0.25, 0.3) is 0 Å². The summed E-state index contributed by atoms with van der Waals surface area (Å²) < 4.78 is 9.60. The summed E-state index contributed by atoms with van der Waals surface area (Å²) in [6, 6.07) is 4.58. The zero-order valence-electron chi connectivity index (χ0n) is 12.5. The van der Waals surface area contributed by atoms with Crippen LogP contribution in [0.15, 0.2) is 18.2 Å². The molecule has 0 radical (unpaired) electrons. The van der Waals surface area contributed by atoms with Crippen LogP contribution in [0.4, 0.5) is 11.4 Å². The van der Waals surface area contributed by atoms with Crippen molar-refractivity contribution in [1.82, 2.24) is 0 Å². The van der Waals surface area contributed by atoms with Crippen molar-refractivity contribution in [2.75, 3.05) is 30.9 Å². The van der Waals surface area contributed by atoms with Crippen molar-refractivity contribution in [1.29, 1.82) is 0 Å². The number of amides is 1. The number of esters is 2. The number of ether oxygens (including phenoxy) is 2. The van der Waals surface area contributed by atoms with Gasteiger partial charge in [-0.25, -0.2) is 4.79 Å². The number of nitrogen functional groups attached to an aromatic ring is 1. The second-order valence-electron chi connectivity index (χ2n) is 4.92. The van der Waals surface area contributed by atoms with Gasteiger partial charge in [0.05, 0.1) is 36.6 Å². The highest BCUT2D eigenvalue weighted by atomic mass is 16.5. The fourth-order valence-electron chi connectivity index (χ4n) is 2.38. The molecule has 0 aliphatic carbocycles. The van der Waals surface area contributed by atoms with Crippen LogP contribution in [-0.2, 0) is 19.1 Å². The number of carbonyl (C=O) groups excluding carboxylic acids is 3. The lowest BCUT2D eigenvalue weighted by Crippen LogP contribution is -2.27. The van der Waals surface area contributed by atoms with Crippen LogP contribution in [0, 0.1) is 5.92 Å². The van der Waals surface area contributed by atoms with E-state index in [1.807, 2.05) is 0 Å². The Hall–Kier alpha value is -2.57. The quantitative estimate of drug-likeness (QED) is 0.657. The van der Waals surface area contributed by atoms with E-state index in [1.165, 1.54) is 24.1 Å². The Labute approximate surface area is 128 Å². The summed E-state index contributed by atoms with van der Waals surface area (Å²) in [5, 5.41) is 0. The molecule has 2 N–H and O–H groups in total. The number of methoxy groups -OCH3 is 1. The second-order valence-corrected chi connectivity index (χ2v) is 4.92. The molecule has 1 aromatic carbocycles. The molecule has 118 valence electrons. The first kappa shape index (κ1) is 15.8. The van der Waals surface area contributed by atoms with Crippen LogP contribution in [-0.4, -0.2) is 38.1 Å². The number of hydrogen-bond donors (Lipinski definition) is 1. The number of hydrogen-bond acceptors (Lipinski definition) is 6. The number of carbonyl (C=O) groups is 3. The summed E-state index contributed by atoms with van der Waals surface area (Å²) in [5.41, 5.74) is 6.96. The minimum Gasteiger partial charge on any atom is -0.469 e. The third kappa shape index (κ3) is 3.03. The van der Waals surface area contributed by atoms with Gasteiger partial charge in [-0.2, -0.15) is 0 Å². The fraction of sp³-hybridized carbons (Fsp3) is 0.400. The van der Waals surface area contributed by atoms with Crippen LogP contribution in [0.25, 0.3) is 0 Å². The SMILES string of the molecule is CCOC(=O)c1ccc(N)c(N2CC(C(=O)OC)CC2=O)c1. The van der Waals surface area contributed by atoms with E-state index in [1.54, 1.807) is 13.0 Å². The molecule has 1 unspecified atom stereocenters. The first-order valence-corrected chi connectivity index (χ1v) is 6.92. The largest absolute Gasteiger partial charge is 0.469 e. The zero-order valence-corrected chi connectivity index (χ0v) is 12.5. The normalized spacial score (nSPS) is 17.5. The van der Waals surface area contributed by atoms with Gasteiger partial charge in [-0.15, -0.1) is 0 Å². The van der Waals surface area contributed by atoms with Gasteiger partial charge in [0.15, 0.2) is 0 Å².